The first-order valence-electron chi connectivity index (χ1n) is 7.93. The van der Waals surface area contributed by atoms with Crippen molar-refractivity contribution in [1.82, 2.24) is 9.55 Å². The summed E-state index contributed by atoms with van der Waals surface area (Å²) < 4.78 is 2.51. The summed E-state index contributed by atoms with van der Waals surface area (Å²) in [6.07, 6.45) is 4.76. The normalized spacial score (nSPS) is 21.8. The SMILES string of the molecule is O=c1c2cc(Br)c3ccccc3c2ncn1C1CCCCC1O. The molecule has 4 rings (SSSR count). The van der Waals surface area contributed by atoms with E-state index >= 15 is 0 Å². The van der Waals surface area contributed by atoms with Gasteiger partial charge in [0.2, 0.25) is 0 Å². The summed E-state index contributed by atoms with van der Waals surface area (Å²) in [5.74, 6) is 0. The molecule has 1 aliphatic carbocycles. The molecule has 0 radical (unpaired) electrons. The Balaban J connectivity index is 1.98. The van der Waals surface area contributed by atoms with E-state index in [9.17, 15) is 9.90 Å². The third kappa shape index (κ3) is 2.39. The van der Waals surface area contributed by atoms with Gasteiger partial charge in [0.25, 0.3) is 5.56 Å². The van der Waals surface area contributed by atoms with Gasteiger partial charge in [-0.3, -0.25) is 9.36 Å². The number of hydrogen-bond donors (Lipinski definition) is 1. The predicted octanol–water partition coefficient (Wildman–Crippen LogP) is 3.79. The van der Waals surface area contributed by atoms with Crippen molar-refractivity contribution in [2.75, 3.05) is 0 Å². The molecule has 0 bridgehead atoms. The van der Waals surface area contributed by atoms with Gasteiger partial charge in [-0.05, 0) is 24.3 Å². The van der Waals surface area contributed by atoms with Crippen LogP contribution in [0.15, 0.2) is 45.9 Å². The van der Waals surface area contributed by atoms with Gasteiger partial charge in [-0.25, -0.2) is 4.98 Å². The summed E-state index contributed by atoms with van der Waals surface area (Å²) in [7, 11) is 0. The number of nitrogens with zero attached hydrogens (tertiary/aromatic N) is 2. The number of benzene rings is 2. The predicted molar refractivity (Wildman–Crippen MR) is 94.7 cm³/mol. The summed E-state index contributed by atoms with van der Waals surface area (Å²) in [5.41, 5.74) is 0.641. The average molecular weight is 373 g/mol. The molecular weight excluding hydrogens is 356 g/mol. The number of aliphatic hydroxyl groups excluding tert-OH is 1. The lowest BCUT2D eigenvalue weighted by molar-refractivity contribution is 0.0735. The molecule has 118 valence electrons. The molecule has 2 aromatic carbocycles. The zero-order valence-electron chi connectivity index (χ0n) is 12.6. The van der Waals surface area contributed by atoms with Crippen LogP contribution in [0, 0.1) is 0 Å². The van der Waals surface area contributed by atoms with E-state index in [0.717, 1.165) is 46.4 Å². The lowest BCUT2D eigenvalue weighted by Gasteiger charge is -2.29. The van der Waals surface area contributed by atoms with Crippen LogP contribution in [0.3, 0.4) is 0 Å². The highest BCUT2D eigenvalue weighted by atomic mass is 79.9. The molecule has 1 heterocycles. The Morgan fingerprint density at radius 1 is 1.13 bits per heavy atom. The van der Waals surface area contributed by atoms with Crippen molar-refractivity contribution in [3.8, 4) is 0 Å². The van der Waals surface area contributed by atoms with Gasteiger partial charge in [0, 0.05) is 9.86 Å². The molecular formula is C18H17BrN2O2. The first-order chi connectivity index (χ1) is 11.2. The van der Waals surface area contributed by atoms with Gasteiger partial charge in [-0.1, -0.05) is 53.0 Å². The van der Waals surface area contributed by atoms with Crippen LogP contribution in [0.25, 0.3) is 21.7 Å². The second-order valence-corrected chi connectivity index (χ2v) is 7.03. The van der Waals surface area contributed by atoms with E-state index < -0.39 is 6.10 Å². The van der Waals surface area contributed by atoms with E-state index in [4.69, 9.17) is 0 Å². The molecule has 1 saturated carbocycles. The van der Waals surface area contributed by atoms with Gasteiger partial charge >= 0.3 is 0 Å². The number of aromatic nitrogens is 2. The highest BCUT2D eigenvalue weighted by molar-refractivity contribution is 9.10. The van der Waals surface area contributed by atoms with Crippen LogP contribution < -0.4 is 5.56 Å². The minimum absolute atomic E-state index is 0.0765. The quantitative estimate of drug-likeness (QED) is 0.661. The summed E-state index contributed by atoms with van der Waals surface area (Å²) in [6.45, 7) is 0. The molecule has 0 amide bonds. The number of hydrogen-bond acceptors (Lipinski definition) is 3. The van der Waals surface area contributed by atoms with Crippen molar-refractivity contribution < 1.29 is 5.11 Å². The highest BCUT2D eigenvalue weighted by Gasteiger charge is 2.26. The molecule has 2 unspecified atom stereocenters. The first-order valence-corrected chi connectivity index (χ1v) is 8.72. The van der Waals surface area contributed by atoms with Crippen LogP contribution in [0.5, 0.6) is 0 Å². The van der Waals surface area contributed by atoms with Gasteiger partial charge in [0.1, 0.15) is 0 Å². The molecule has 0 aliphatic heterocycles. The Morgan fingerprint density at radius 3 is 2.65 bits per heavy atom. The first kappa shape index (κ1) is 14.8. The highest BCUT2D eigenvalue weighted by Crippen LogP contribution is 2.31. The Morgan fingerprint density at radius 2 is 1.87 bits per heavy atom. The van der Waals surface area contributed by atoms with E-state index in [0.29, 0.717) is 5.39 Å². The van der Waals surface area contributed by atoms with Crippen LogP contribution in [0.2, 0.25) is 0 Å². The maximum absolute atomic E-state index is 13.0. The van der Waals surface area contributed by atoms with Gasteiger partial charge in [-0.15, -0.1) is 0 Å². The van der Waals surface area contributed by atoms with Crippen molar-refractivity contribution in [3.63, 3.8) is 0 Å². The van der Waals surface area contributed by atoms with Crippen LogP contribution in [0.4, 0.5) is 0 Å². The fourth-order valence-corrected chi connectivity index (χ4v) is 4.16. The van der Waals surface area contributed by atoms with E-state index in [1.54, 1.807) is 10.9 Å². The zero-order valence-corrected chi connectivity index (χ0v) is 14.2. The lowest BCUT2D eigenvalue weighted by atomic mass is 9.92. The molecule has 4 nitrogen and oxygen atoms in total. The Hall–Kier alpha value is -1.72. The van der Waals surface area contributed by atoms with Gasteiger partial charge in [0.15, 0.2) is 0 Å². The van der Waals surface area contributed by atoms with E-state index in [-0.39, 0.29) is 11.6 Å². The lowest BCUT2D eigenvalue weighted by Crippen LogP contribution is -2.34. The number of rotatable bonds is 1. The van der Waals surface area contributed by atoms with Crippen molar-refractivity contribution in [3.05, 3.63) is 51.5 Å². The van der Waals surface area contributed by atoms with Crippen molar-refractivity contribution in [1.29, 1.82) is 0 Å². The minimum Gasteiger partial charge on any atom is -0.391 e. The molecule has 0 spiro atoms. The molecule has 1 aromatic heterocycles. The molecule has 1 N–H and O–H groups in total. The Kier molecular flexibility index (Phi) is 3.70. The Bertz CT molecular complexity index is 951. The van der Waals surface area contributed by atoms with E-state index in [1.165, 1.54) is 0 Å². The fraction of sp³-hybridized carbons (Fsp3) is 0.333. The molecule has 23 heavy (non-hydrogen) atoms. The molecule has 0 saturated heterocycles. The summed E-state index contributed by atoms with van der Waals surface area (Å²) in [6, 6.07) is 9.59. The second-order valence-electron chi connectivity index (χ2n) is 6.18. The Labute approximate surface area is 141 Å². The largest absolute Gasteiger partial charge is 0.391 e. The van der Waals surface area contributed by atoms with E-state index in [2.05, 4.69) is 20.9 Å². The third-order valence-corrected chi connectivity index (χ3v) is 5.45. The maximum atomic E-state index is 13.0. The smallest absolute Gasteiger partial charge is 0.261 e. The van der Waals surface area contributed by atoms with Crippen molar-refractivity contribution >= 4 is 37.6 Å². The molecule has 1 fully saturated rings. The van der Waals surface area contributed by atoms with Gasteiger partial charge in [-0.2, -0.15) is 0 Å². The standard InChI is InChI=1S/C18H17BrN2O2/c19-14-9-13-17(12-6-2-1-5-11(12)14)20-10-21(18(13)23)15-7-3-4-8-16(15)22/h1-2,5-6,9-10,15-16,22H,3-4,7-8H2. The van der Waals surface area contributed by atoms with Crippen LogP contribution >= 0.6 is 15.9 Å². The van der Waals surface area contributed by atoms with E-state index in [1.807, 2.05) is 30.3 Å². The van der Waals surface area contributed by atoms with Crippen molar-refractivity contribution in [2.45, 2.75) is 37.8 Å². The van der Waals surface area contributed by atoms with Gasteiger partial charge < -0.3 is 5.11 Å². The fourth-order valence-electron chi connectivity index (χ4n) is 3.58. The second kappa shape index (κ2) is 5.73. The van der Waals surface area contributed by atoms with Crippen molar-refractivity contribution in [2.24, 2.45) is 0 Å². The van der Waals surface area contributed by atoms with Crippen LogP contribution in [-0.2, 0) is 0 Å². The summed E-state index contributed by atoms with van der Waals surface area (Å²) >= 11 is 3.56. The monoisotopic (exact) mass is 372 g/mol. The van der Waals surface area contributed by atoms with Crippen LogP contribution in [-0.4, -0.2) is 20.8 Å². The van der Waals surface area contributed by atoms with Crippen LogP contribution in [0.1, 0.15) is 31.7 Å². The topological polar surface area (TPSA) is 55.1 Å². The summed E-state index contributed by atoms with van der Waals surface area (Å²) in [4.78, 5) is 17.5. The number of aliphatic hydroxyl groups is 1. The summed E-state index contributed by atoms with van der Waals surface area (Å²) in [5, 5.41) is 12.8. The molecule has 3 aromatic rings. The number of halogens is 1. The average Bonchev–Trinajstić information content (AvgIpc) is 2.57. The van der Waals surface area contributed by atoms with Gasteiger partial charge in [0.05, 0.1) is 29.4 Å². The number of fused-ring (bicyclic) bond motifs is 3. The third-order valence-electron chi connectivity index (χ3n) is 4.79. The molecule has 1 aliphatic rings. The molecule has 5 heteroatoms. The maximum Gasteiger partial charge on any atom is 0.261 e. The minimum atomic E-state index is -0.468. The molecule has 2 atom stereocenters. The zero-order chi connectivity index (χ0) is 16.0.